The van der Waals surface area contributed by atoms with Crippen molar-refractivity contribution in [2.24, 2.45) is 0 Å². The highest BCUT2D eigenvalue weighted by atomic mass is 127. The fourth-order valence-electron chi connectivity index (χ4n) is 2.11. The lowest BCUT2D eigenvalue weighted by molar-refractivity contribution is -0.349. The minimum Gasteiger partial charge on any atom is -0.619 e. The molecule has 0 N–H and O–H groups in total. The molecule has 2 heterocycles. The van der Waals surface area contributed by atoms with E-state index in [2.05, 4.69) is 34.3 Å². The smallest absolute Gasteiger partial charge is 0.415 e. The number of carbonyl (C=O) groups is 1. The first-order valence-corrected chi connectivity index (χ1v) is 8.22. The van der Waals surface area contributed by atoms with Crippen LogP contribution in [0.3, 0.4) is 0 Å². The number of aromatic nitrogens is 1. The summed E-state index contributed by atoms with van der Waals surface area (Å²) in [5, 5.41) is 11.0. The van der Waals surface area contributed by atoms with E-state index in [1.165, 1.54) is 17.0 Å². The molecule has 124 valence electrons. The molecule has 1 aliphatic rings. The van der Waals surface area contributed by atoms with Gasteiger partial charge in [-0.05, 0) is 40.8 Å². The van der Waals surface area contributed by atoms with Crippen molar-refractivity contribution in [2.75, 3.05) is 13.1 Å². The number of hydrogen-bond donors (Lipinski definition) is 0. The first-order valence-electron chi connectivity index (χ1n) is 7.14. The number of ether oxygens (including phenoxy) is 2. The van der Waals surface area contributed by atoms with Crippen LogP contribution in [0.2, 0.25) is 0 Å². The van der Waals surface area contributed by atoms with Crippen LogP contribution in [-0.2, 0) is 0 Å². The zero-order chi connectivity index (χ0) is 17.1. The van der Waals surface area contributed by atoms with Crippen LogP contribution in [0.15, 0.2) is 42.6 Å². The van der Waals surface area contributed by atoms with Gasteiger partial charge in [-0.3, -0.25) is 0 Å². The molecule has 0 unspecified atom stereocenters. The molecule has 7 nitrogen and oxygen atoms in total. The van der Waals surface area contributed by atoms with Crippen molar-refractivity contribution in [3.8, 4) is 11.6 Å². The summed E-state index contributed by atoms with van der Waals surface area (Å²) < 4.78 is 12.4. The normalized spacial score (nSPS) is 14.0. The van der Waals surface area contributed by atoms with Crippen LogP contribution < -0.4 is 9.47 Å². The molecule has 24 heavy (non-hydrogen) atoms. The van der Waals surface area contributed by atoms with Gasteiger partial charge in [0.05, 0.1) is 13.1 Å². The molecular weight excluding hydrogens is 425 g/mol. The molecule has 2 aromatic rings. The van der Waals surface area contributed by atoms with Gasteiger partial charge < -0.3 is 19.6 Å². The van der Waals surface area contributed by atoms with E-state index in [0.717, 1.165) is 3.57 Å². The van der Waals surface area contributed by atoms with Crippen molar-refractivity contribution in [1.29, 1.82) is 0 Å². The number of hydrogen-bond acceptors (Lipinski definition) is 5. The highest BCUT2D eigenvalue weighted by Crippen LogP contribution is 2.21. The van der Waals surface area contributed by atoms with Gasteiger partial charge in [-0.2, -0.15) is 4.74 Å². The highest BCUT2D eigenvalue weighted by molar-refractivity contribution is 14.1. The van der Waals surface area contributed by atoms with E-state index in [-0.39, 0.29) is 6.10 Å². The molecule has 0 bridgehead atoms. The number of nitrogens with zero attached hydrogens (tertiary/aromatic N) is 3. The summed E-state index contributed by atoms with van der Waals surface area (Å²) in [6, 6.07) is 9.87. The maximum atomic E-state index is 12.0. The molecular formula is C16H14IN3O4. The SMILES string of the molecule is C=[N+]([O-])c1ccc(OC(=O)N2CC(Oc3ccc(I)cn3)C2)cc1. The van der Waals surface area contributed by atoms with Crippen molar-refractivity contribution in [1.82, 2.24) is 9.88 Å². The number of rotatable bonds is 4. The average molecular weight is 439 g/mol. The lowest BCUT2D eigenvalue weighted by atomic mass is 10.2. The Balaban J connectivity index is 1.47. The van der Waals surface area contributed by atoms with Crippen molar-refractivity contribution in [3.05, 3.63) is 51.4 Å². The van der Waals surface area contributed by atoms with Crippen molar-refractivity contribution < 1.29 is 19.0 Å². The maximum absolute atomic E-state index is 12.0. The maximum Gasteiger partial charge on any atom is 0.415 e. The van der Waals surface area contributed by atoms with Crippen molar-refractivity contribution in [3.63, 3.8) is 0 Å². The molecule has 0 aliphatic carbocycles. The fourth-order valence-corrected chi connectivity index (χ4v) is 2.43. The van der Waals surface area contributed by atoms with Crippen LogP contribution in [0, 0.1) is 8.78 Å². The summed E-state index contributed by atoms with van der Waals surface area (Å²) in [5.74, 6) is 0.911. The Kier molecular flexibility index (Phi) is 4.84. The number of benzene rings is 1. The van der Waals surface area contributed by atoms with Crippen LogP contribution in [0.4, 0.5) is 10.5 Å². The third kappa shape index (κ3) is 3.94. The molecule has 1 aromatic heterocycles. The summed E-state index contributed by atoms with van der Waals surface area (Å²) >= 11 is 2.17. The Bertz CT molecular complexity index is 743. The fraction of sp³-hybridized carbons (Fsp3) is 0.188. The van der Waals surface area contributed by atoms with Crippen LogP contribution in [0.25, 0.3) is 0 Å². The summed E-state index contributed by atoms with van der Waals surface area (Å²) in [5.41, 5.74) is 0.386. The first kappa shape index (κ1) is 16.5. The van der Waals surface area contributed by atoms with E-state index < -0.39 is 6.09 Å². The summed E-state index contributed by atoms with van der Waals surface area (Å²) in [6.07, 6.45) is 1.18. The zero-order valence-corrected chi connectivity index (χ0v) is 14.8. The van der Waals surface area contributed by atoms with Gasteiger partial charge in [0.2, 0.25) is 11.6 Å². The standard InChI is InChI=1S/C16H14IN3O4/c1-19(22)12-3-5-13(6-4-12)24-16(21)20-9-14(10-20)23-15-7-2-11(17)8-18-15/h2-8,14H,1,9-10H2. The Morgan fingerprint density at radius 3 is 2.58 bits per heavy atom. The van der Waals surface area contributed by atoms with E-state index >= 15 is 0 Å². The van der Waals surface area contributed by atoms with Crippen LogP contribution >= 0.6 is 22.6 Å². The van der Waals surface area contributed by atoms with Gasteiger partial charge in [0.25, 0.3) is 0 Å². The van der Waals surface area contributed by atoms with E-state index in [1.807, 2.05) is 6.07 Å². The van der Waals surface area contributed by atoms with Crippen LogP contribution in [0.5, 0.6) is 11.6 Å². The summed E-state index contributed by atoms with van der Waals surface area (Å²) in [4.78, 5) is 17.7. The Hall–Kier alpha value is -2.36. The number of pyridine rings is 1. The largest absolute Gasteiger partial charge is 0.619 e. The molecule has 1 aliphatic heterocycles. The monoisotopic (exact) mass is 439 g/mol. The Morgan fingerprint density at radius 2 is 2.00 bits per heavy atom. The third-order valence-corrected chi connectivity index (χ3v) is 4.06. The summed E-state index contributed by atoms with van der Waals surface area (Å²) in [7, 11) is 0. The quantitative estimate of drug-likeness (QED) is 0.241. The van der Waals surface area contributed by atoms with E-state index in [9.17, 15) is 10.0 Å². The van der Waals surface area contributed by atoms with E-state index in [1.54, 1.807) is 24.4 Å². The Labute approximate surface area is 152 Å². The lowest BCUT2D eigenvalue weighted by Crippen LogP contribution is -2.57. The van der Waals surface area contributed by atoms with Crippen molar-refractivity contribution in [2.45, 2.75) is 6.10 Å². The number of carbonyl (C=O) groups excluding carboxylic acids is 1. The van der Waals surface area contributed by atoms with E-state index in [4.69, 9.17) is 9.47 Å². The average Bonchev–Trinajstić information content (AvgIpc) is 2.52. The number of amides is 1. The predicted octanol–water partition coefficient (Wildman–Crippen LogP) is 2.79. The molecule has 1 amide bonds. The van der Waals surface area contributed by atoms with Gasteiger partial charge in [-0.25, -0.2) is 9.78 Å². The molecule has 3 rings (SSSR count). The molecule has 0 atom stereocenters. The minimum absolute atomic E-state index is 0.0901. The zero-order valence-electron chi connectivity index (χ0n) is 12.6. The third-order valence-electron chi connectivity index (χ3n) is 3.42. The second-order valence-corrected chi connectivity index (χ2v) is 6.45. The number of likely N-dealkylation sites (tertiary alicyclic amines) is 1. The number of halogens is 1. The molecule has 1 aromatic carbocycles. The molecule has 0 radical (unpaired) electrons. The second kappa shape index (κ2) is 7.04. The van der Waals surface area contributed by atoms with Gasteiger partial charge in [0, 0.05) is 28.0 Å². The Morgan fingerprint density at radius 1 is 1.29 bits per heavy atom. The molecule has 0 saturated carbocycles. The van der Waals surface area contributed by atoms with Gasteiger partial charge in [0.1, 0.15) is 18.6 Å². The predicted molar refractivity (Wildman–Crippen MR) is 95.8 cm³/mol. The van der Waals surface area contributed by atoms with Gasteiger partial charge in [-0.15, -0.1) is 0 Å². The second-order valence-electron chi connectivity index (χ2n) is 5.20. The van der Waals surface area contributed by atoms with Gasteiger partial charge >= 0.3 is 6.09 Å². The topological polar surface area (TPSA) is 77.7 Å². The molecule has 8 heteroatoms. The van der Waals surface area contributed by atoms with E-state index in [0.29, 0.717) is 35.1 Å². The summed E-state index contributed by atoms with van der Waals surface area (Å²) in [6.45, 7) is 4.12. The molecule has 1 fully saturated rings. The van der Waals surface area contributed by atoms with Crippen LogP contribution in [-0.4, -0.2) is 46.6 Å². The van der Waals surface area contributed by atoms with Gasteiger partial charge in [0.15, 0.2) is 0 Å². The minimum atomic E-state index is -0.452. The van der Waals surface area contributed by atoms with Crippen LogP contribution in [0.1, 0.15) is 0 Å². The molecule has 1 saturated heterocycles. The molecule has 0 spiro atoms. The van der Waals surface area contributed by atoms with Crippen molar-refractivity contribution >= 4 is 41.1 Å². The van der Waals surface area contributed by atoms with Gasteiger partial charge in [-0.1, -0.05) is 0 Å². The lowest BCUT2D eigenvalue weighted by Gasteiger charge is -2.37. The highest BCUT2D eigenvalue weighted by Gasteiger charge is 2.34. The first-order chi connectivity index (χ1) is 11.5.